The highest BCUT2D eigenvalue weighted by Gasteiger charge is 2.37. The van der Waals surface area contributed by atoms with E-state index >= 15 is 0 Å². The van der Waals surface area contributed by atoms with E-state index in [1.54, 1.807) is 30.3 Å². The first-order chi connectivity index (χ1) is 19.3. The van der Waals surface area contributed by atoms with E-state index in [1.807, 2.05) is 6.07 Å². The Morgan fingerprint density at radius 3 is 2.10 bits per heavy atom. The molecule has 0 bridgehead atoms. The van der Waals surface area contributed by atoms with Crippen molar-refractivity contribution < 1.29 is 48.9 Å². The van der Waals surface area contributed by atoms with Crippen molar-refractivity contribution in [3.05, 3.63) is 71.3 Å². The van der Waals surface area contributed by atoms with Crippen molar-refractivity contribution in [3.63, 3.8) is 0 Å². The minimum absolute atomic E-state index is 0.0324. The molecule has 1 saturated heterocycles. The van der Waals surface area contributed by atoms with Crippen LogP contribution in [0.3, 0.4) is 0 Å². The van der Waals surface area contributed by atoms with Crippen molar-refractivity contribution in [1.82, 2.24) is 0 Å². The highest BCUT2D eigenvalue weighted by molar-refractivity contribution is 5.75. The summed E-state index contributed by atoms with van der Waals surface area (Å²) in [5.41, 5.74) is 2.14. The Kier molecular flexibility index (Phi) is 9.23. The molecular weight excluding hydrogens is 520 g/mol. The molecule has 3 aromatic carbocycles. The number of phenolic OH excluding ortho intramolecular Hbond substituents is 2. The molecule has 1 fully saturated rings. The second-order valence-electron chi connectivity index (χ2n) is 9.61. The smallest absolute Gasteiger partial charge is 0.309 e. The van der Waals surface area contributed by atoms with E-state index in [0.29, 0.717) is 35.7 Å². The summed E-state index contributed by atoms with van der Waals surface area (Å²) in [6.07, 6.45) is -1.26. The Balaban J connectivity index is 1.48. The van der Waals surface area contributed by atoms with Gasteiger partial charge in [-0.25, -0.2) is 0 Å². The van der Waals surface area contributed by atoms with Gasteiger partial charge in [0.15, 0.2) is 40.6 Å². The molecule has 4 unspecified atom stereocenters. The number of aromatic hydroxyl groups is 2. The molecule has 3 aromatic rings. The molecule has 214 valence electrons. The van der Waals surface area contributed by atoms with Crippen molar-refractivity contribution in [3.8, 4) is 34.5 Å². The van der Waals surface area contributed by atoms with E-state index in [2.05, 4.69) is 0 Å². The molecule has 40 heavy (non-hydrogen) atoms. The number of hydrogen-bond donors (Lipinski definition) is 4. The van der Waals surface area contributed by atoms with Gasteiger partial charge in [-0.15, -0.1) is 0 Å². The standard InChI is InChI=1S/C30H34O10/c1-36-25-12-18(4-7-22(25)32)11-21-20(16-39-30(21)35)10-17-5-9-24(27(13-17)38-3)40-28(15-31)29(34)19-6-8-23(33)26(14-19)37-2/h4-9,12-14,20-21,28-29,31-34H,10-11,15-16H2,1-3H3. The van der Waals surface area contributed by atoms with Gasteiger partial charge in [-0.3, -0.25) is 4.79 Å². The van der Waals surface area contributed by atoms with Gasteiger partial charge in [-0.2, -0.15) is 0 Å². The van der Waals surface area contributed by atoms with Crippen LogP contribution in [-0.2, 0) is 22.4 Å². The molecule has 0 aliphatic carbocycles. The van der Waals surface area contributed by atoms with Crippen LogP contribution in [0.2, 0.25) is 0 Å². The van der Waals surface area contributed by atoms with Gasteiger partial charge < -0.3 is 44.1 Å². The number of methoxy groups -OCH3 is 3. The fraction of sp³-hybridized carbons (Fsp3) is 0.367. The molecule has 0 amide bonds. The molecule has 4 N–H and O–H groups in total. The third kappa shape index (κ3) is 6.35. The van der Waals surface area contributed by atoms with Crippen LogP contribution < -0.4 is 18.9 Å². The summed E-state index contributed by atoms with van der Waals surface area (Å²) in [6, 6.07) is 14.7. The van der Waals surface area contributed by atoms with E-state index in [4.69, 9.17) is 23.7 Å². The van der Waals surface area contributed by atoms with E-state index in [0.717, 1.165) is 11.1 Å². The van der Waals surface area contributed by atoms with Gasteiger partial charge in [0.05, 0.1) is 40.5 Å². The highest BCUT2D eigenvalue weighted by Crippen LogP contribution is 2.36. The second kappa shape index (κ2) is 12.8. The Morgan fingerprint density at radius 1 is 0.825 bits per heavy atom. The number of esters is 1. The third-order valence-electron chi connectivity index (χ3n) is 7.09. The number of hydrogen-bond acceptors (Lipinski definition) is 10. The molecule has 4 atom stereocenters. The maximum atomic E-state index is 12.6. The summed E-state index contributed by atoms with van der Waals surface area (Å²) in [4.78, 5) is 12.6. The van der Waals surface area contributed by atoms with Crippen molar-refractivity contribution in [2.45, 2.75) is 25.0 Å². The molecule has 0 aromatic heterocycles. The lowest BCUT2D eigenvalue weighted by Gasteiger charge is -2.24. The molecule has 1 heterocycles. The molecule has 1 aliphatic rings. The highest BCUT2D eigenvalue weighted by atomic mass is 16.5. The average molecular weight is 555 g/mol. The van der Waals surface area contributed by atoms with Crippen LogP contribution >= 0.6 is 0 Å². The van der Waals surface area contributed by atoms with Crippen LogP contribution in [0, 0.1) is 11.8 Å². The second-order valence-corrected chi connectivity index (χ2v) is 9.61. The van der Waals surface area contributed by atoms with Crippen LogP contribution in [0.1, 0.15) is 22.8 Å². The van der Waals surface area contributed by atoms with Gasteiger partial charge in [0, 0.05) is 5.92 Å². The largest absolute Gasteiger partial charge is 0.504 e. The predicted octanol–water partition coefficient (Wildman–Crippen LogP) is 3.17. The fourth-order valence-electron chi connectivity index (χ4n) is 4.86. The number of carbonyl (C=O) groups is 1. The minimum Gasteiger partial charge on any atom is -0.504 e. The Labute approximate surface area is 232 Å². The van der Waals surface area contributed by atoms with Gasteiger partial charge in [0.2, 0.25) is 0 Å². The van der Waals surface area contributed by atoms with Crippen LogP contribution in [-0.4, -0.2) is 67.0 Å². The lowest BCUT2D eigenvalue weighted by Crippen LogP contribution is -2.29. The van der Waals surface area contributed by atoms with Gasteiger partial charge in [0.25, 0.3) is 0 Å². The van der Waals surface area contributed by atoms with Crippen LogP contribution in [0.5, 0.6) is 34.5 Å². The van der Waals surface area contributed by atoms with Crippen LogP contribution in [0.25, 0.3) is 0 Å². The summed E-state index contributed by atoms with van der Waals surface area (Å²) >= 11 is 0. The topological polar surface area (TPSA) is 144 Å². The van der Waals surface area contributed by atoms with Crippen LogP contribution in [0.4, 0.5) is 0 Å². The zero-order chi connectivity index (χ0) is 28.8. The summed E-state index contributed by atoms with van der Waals surface area (Å²) in [7, 11) is 4.36. The average Bonchev–Trinajstić information content (AvgIpc) is 3.30. The molecule has 10 nitrogen and oxygen atoms in total. The number of ether oxygens (including phenoxy) is 5. The molecule has 4 rings (SSSR count). The molecule has 0 spiro atoms. The number of benzene rings is 3. The zero-order valence-electron chi connectivity index (χ0n) is 22.6. The number of cyclic esters (lactones) is 1. The molecule has 0 saturated carbocycles. The quantitative estimate of drug-likeness (QED) is 0.246. The van der Waals surface area contributed by atoms with Crippen molar-refractivity contribution in [1.29, 1.82) is 0 Å². The number of aliphatic hydroxyl groups is 2. The van der Waals surface area contributed by atoms with E-state index in [1.165, 1.54) is 39.5 Å². The zero-order valence-corrected chi connectivity index (χ0v) is 22.6. The monoisotopic (exact) mass is 554 g/mol. The number of rotatable bonds is 12. The van der Waals surface area contributed by atoms with E-state index < -0.39 is 18.8 Å². The number of aliphatic hydroxyl groups excluding tert-OH is 2. The SMILES string of the molecule is COc1cc(CC2C(=O)OCC2Cc2ccc(OC(CO)C(O)c3ccc(O)c(OC)c3)c(OC)c2)ccc1O. The van der Waals surface area contributed by atoms with Crippen molar-refractivity contribution >= 4 is 5.97 Å². The maximum absolute atomic E-state index is 12.6. The molecular formula is C30H34O10. The van der Waals surface area contributed by atoms with E-state index in [-0.39, 0.29) is 41.7 Å². The lowest BCUT2D eigenvalue weighted by atomic mass is 9.85. The summed E-state index contributed by atoms with van der Waals surface area (Å²) in [5.74, 6) is 0.492. The van der Waals surface area contributed by atoms with Gasteiger partial charge in [0.1, 0.15) is 6.10 Å². The Bertz CT molecular complexity index is 1320. The fourth-order valence-corrected chi connectivity index (χ4v) is 4.86. The minimum atomic E-state index is -1.22. The molecule has 10 heteroatoms. The van der Waals surface area contributed by atoms with Gasteiger partial charge in [-0.05, 0) is 65.9 Å². The first-order valence-electron chi connectivity index (χ1n) is 12.8. The normalized spacial score (nSPS) is 18.1. The Hall–Kier alpha value is -4.15. The van der Waals surface area contributed by atoms with Gasteiger partial charge >= 0.3 is 5.97 Å². The van der Waals surface area contributed by atoms with Crippen molar-refractivity contribution in [2.24, 2.45) is 11.8 Å². The van der Waals surface area contributed by atoms with Gasteiger partial charge in [-0.1, -0.05) is 18.2 Å². The van der Waals surface area contributed by atoms with Crippen molar-refractivity contribution in [2.75, 3.05) is 34.5 Å². The number of carbonyl (C=O) groups excluding carboxylic acids is 1. The number of phenols is 2. The third-order valence-corrected chi connectivity index (χ3v) is 7.09. The summed E-state index contributed by atoms with van der Waals surface area (Å²) < 4.78 is 27.2. The first-order valence-corrected chi connectivity index (χ1v) is 12.8. The van der Waals surface area contributed by atoms with E-state index in [9.17, 15) is 25.2 Å². The lowest BCUT2D eigenvalue weighted by molar-refractivity contribution is -0.141. The summed E-state index contributed by atoms with van der Waals surface area (Å²) in [5, 5.41) is 40.5. The molecule has 0 radical (unpaired) electrons. The maximum Gasteiger partial charge on any atom is 0.309 e. The first kappa shape index (κ1) is 28.8. The summed E-state index contributed by atoms with van der Waals surface area (Å²) in [6.45, 7) is -0.200. The molecule has 1 aliphatic heterocycles. The van der Waals surface area contributed by atoms with Crippen LogP contribution in [0.15, 0.2) is 54.6 Å². The predicted molar refractivity (Wildman–Crippen MR) is 144 cm³/mol. The Morgan fingerprint density at radius 2 is 1.43 bits per heavy atom.